The summed E-state index contributed by atoms with van der Waals surface area (Å²) in [6.07, 6.45) is 3.88. The Morgan fingerprint density at radius 1 is 1.12 bits per heavy atom. The van der Waals surface area contributed by atoms with Gasteiger partial charge < -0.3 is 15.1 Å². The van der Waals surface area contributed by atoms with E-state index in [9.17, 15) is 0 Å². The minimum atomic E-state index is 0. The molecule has 1 aromatic rings. The van der Waals surface area contributed by atoms with E-state index in [0.29, 0.717) is 0 Å². The minimum absolute atomic E-state index is 0. The fraction of sp³-hybridized carbons (Fsp3) is 0.650. The number of guanidine groups is 1. The second kappa shape index (κ2) is 11.4. The van der Waals surface area contributed by atoms with Gasteiger partial charge in [-0.1, -0.05) is 18.2 Å². The van der Waals surface area contributed by atoms with Crippen LogP contribution in [0.4, 0.5) is 0 Å². The summed E-state index contributed by atoms with van der Waals surface area (Å²) in [6, 6.07) is 10.7. The van der Waals surface area contributed by atoms with Crippen molar-refractivity contribution < 1.29 is 0 Å². The highest BCUT2D eigenvalue weighted by Crippen LogP contribution is 2.26. The molecule has 146 valence electrons. The Labute approximate surface area is 180 Å². The number of piperidine rings is 1. The van der Waals surface area contributed by atoms with Crippen LogP contribution in [0.25, 0.3) is 0 Å². The Morgan fingerprint density at radius 3 is 2.50 bits per heavy atom. The molecular weight excluding hydrogens is 455 g/mol. The molecule has 3 rings (SSSR count). The smallest absolute Gasteiger partial charge is 0.193 e. The second-order valence-electron chi connectivity index (χ2n) is 7.40. The van der Waals surface area contributed by atoms with Crippen LogP contribution >= 0.6 is 35.7 Å². The average molecular weight is 488 g/mol. The normalized spacial score (nSPS) is 22.3. The van der Waals surface area contributed by atoms with Gasteiger partial charge in [-0.05, 0) is 63.4 Å². The van der Waals surface area contributed by atoms with Crippen molar-refractivity contribution in [1.29, 1.82) is 0 Å². The molecule has 2 aliphatic rings. The molecule has 0 bridgehead atoms. The standard InChI is InChI=1S/C20H32N4S.HI/c1-21-20(22-14-17-8-11-23(2)12-9-17)24-13-10-18(15-24)16-25-19-6-4-3-5-7-19;/h3-7,17-18H,8-16H2,1-2H3,(H,21,22);1H. The zero-order chi connectivity index (χ0) is 17.5. The highest BCUT2D eigenvalue weighted by atomic mass is 127. The first-order valence-electron chi connectivity index (χ1n) is 9.56. The lowest BCUT2D eigenvalue weighted by molar-refractivity contribution is 0.219. The van der Waals surface area contributed by atoms with Crippen molar-refractivity contribution in [2.45, 2.75) is 24.2 Å². The summed E-state index contributed by atoms with van der Waals surface area (Å²) >= 11 is 1.98. The first kappa shape index (κ1) is 21.8. The van der Waals surface area contributed by atoms with Gasteiger partial charge >= 0.3 is 0 Å². The fourth-order valence-corrected chi connectivity index (χ4v) is 4.78. The Hall–Kier alpha value is -0.470. The molecule has 1 atom stereocenters. The van der Waals surface area contributed by atoms with E-state index in [2.05, 4.69) is 57.5 Å². The highest BCUT2D eigenvalue weighted by Gasteiger charge is 2.25. The molecular formula is C20H33IN4S. The molecule has 0 spiro atoms. The van der Waals surface area contributed by atoms with Crippen LogP contribution in [0, 0.1) is 11.8 Å². The zero-order valence-corrected chi connectivity index (χ0v) is 19.2. The number of nitrogens with one attached hydrogen (secondary N) is 1. The van der Waals surface area contributed by atoms with E-state index in [1.807, 2.05) is 18.8 Å². The molecule has 2 saturated heterocycles. The van der Waals surface area contributed by atoms with Crippen LogP contribution in [-0.4, -0.2) is 68.3 Å². The van der Waals surface area contributed by atoms with Crippen LogP contribution in [0.1, 0.15) is 19.3 Å². The van der Waals surface area contributed by atoms with Crippen LogP contribution in [0.15, 0.2) is 40.2 Å². The molecule has 6 heteroatoms. The largest absolute Gasteiger partial charge is 0.356 e. The van der Waals surface area contributed by atoms with Crippen LogP contribution < -0.4 is 5.32 Å². The number of nitrogens with zero attached hydrogens (tertiary/aromatic N) is 3. The van der Waals surface area contributed by atoms with Crippen LogP contribution in [-0.2, 0) is 0 Å². The lowest BCUT2D eigenvalue weighted by Gasteiger charge is -2.30. The average Bonchev–Trinajstić information content (AvgIpc) is 3.12. The first-order chi connectivity index (χ1) is 12.2. The monoisotopic (exact) mass is 488 g/mol. The molecule has 0 aliphatic carbocycles. The molecule has 2 fully saturated rings. The van der Waals surface area contributed by atoms with Crippen molar-refractivity contribution in [3.8, 4) is 0 Å². The minimum Gasteiger partial charge on any atom is -0.356 e. The summed E-state index contributed by atoms with van der Waals surface area (Å²) in [4.78, 5) is 10.8. The molecule has 2 aliphatic heterocycles. The van der Waals surface area contributed by atoms with Gasteiger partial charge in [-0.2, -0.15) is 0 Å². The number of rotatable bonds is 5. The van der Waals surface area contributed by atoms with Gasteiger partial charge in [0.25, 0.3) is 0 Å². The molecule has 0 saturated carbocycles. The fourth-order valence-electron chi connectivity index (χ4n) is 3.73. The van der Waals surface area contributed by atoms with E-state index in [-0.39, 0.29) is 24.0 Å². The Balaban J connectivity index is 0.00000243. The molecule has 0 amide bonds. The summed E-state index contributed by atoms with van der Waals surface area (Å²) in [6.45, 7) is 5.79. The van der Waals surface area contributed by atoms with Crippen LogP contribution in [0.3, 0.4) is 0 Å². The van der Waals surface area contributed by atoms with Crippen molar-refractivity contribution in [3.63, 3.8) is 0 Å². The predicted molar refractivity (Wildman–Crippen MR) is 124 cm³/mol. The maximum atomic E-state index is 4.54. The zero-order valence-electron chi connectivity index (χ0n) is 16.1. The Morgan fingerprint density at radius 2 is 1.81 bits per heavy atom. The number of hydrogen-bond donors (Lipinski definition) is 1. The third-order valence-electron chi connectivity index (χ3n) is 5.41. The van der Waals surface area contributed by atoms with Crippen molar-refractivity contribution in [2.24, 2.45) is 16.8 Å². The van der Waals surface area contributed by atoms with Gasteiger partial charge in [0.2, 0.25) is 0 Å². The Bertz CT molecular complexity index is 546. The third-order valence-corrected chi connectivity index (χ3v) is 6.66. The van der Waals surface area contributed by atoms with Crippen molar-refractivity contribution >= 4 is 41.7 Å². The molecule has 0 aromatic heterocycles. The van der Waals surface area contributed by atoms with E-state index in [0.717, 1.165) is 37.4 Å². The molecule has 26 heavy (non-hydrogen) atoms. The summed E-state index contributed by atoms with van der Waals surface area (Å²) in [5.41, 5.74) is 0. The SMILES string of the molecule is CN=C(NCC1CCN(C)CC1)N1CCC(CSc2ccccc2)C1.I. The second-order valence-corrected chi connectivity index (χ2v) is 8.49. The lowest BCUT2D eigenvalue weighted by atomic mass is 9.97. The van der Waals surface area contributed by atoms with Gasteiger partial charge in [0.15, 0.2) is 5.96 Å². The molecule has 1 aromatic carbocycles. The molecule has 1 N–H and O–H groups in total. The third kappa shape index (κ3) is 6.60. The quantitative estimate of drug-likeness (QED) is 0.297. The van der Waals surface area contributed by atoms with Crippen LogP contribution in [0.2, 0.25) is 0 Å². The maximum absolute atomic E-state index is 4.54. The number of thioether (sulfide) groups is 1. The summed E-state index contributed by atoms with van der Waals surface area (Å²) < 4.78 is 0. The van der Waals surface area contributed by atoms with Gasteiger partial charge in [-0.3, -0.25) is 4.99 Å². The van der Waals surface area contributed by atoms with Crippen LogP contribution in [0.5, 0.6) is 0 Å². The van der Waals surface area contributed by atoms with Gasteiger partial charge in [-0.15, -0.1) is 35.7 Å². The summed E-state index contributed by atoms with van der Waals surface area (Å²) in [5, 5.41) is 3.64. The van der Waals surface area contributed by atoms with Crippen molar-refractivity contribution in [2.75, 3.05) is 52.6 Å². The molecule has 2 heterocycles. The molecule has 4 nitrogen and oxygen atoms in total. The Kier molecular flexibility index (Phi) is 9.56. The van der Waals surface area contributed by atoms with Gasteiger partial charge in [0.1, 0.15) is 0 Å². The topological polar surface area (TPSA) is 30.9 Å². The molecule has 0 radical (unpaired) electrons. The number of aliphatic imine (C=N–C) groups is 1. The number of benzene rings is 1. The number of likely N-dealkylation sites (tertiary alicyclic amines) is 2. The molecule has 1 unspecified atom stereocenters. The van der Waals surface area contributed by atoms with E-state index in [1.165, 1.54) is 43.0 Å². The predicted octanol–water partition coefficient (Wildman–Crippen LogP) is 3.64. The number of halogens is 1. The van der Waals surface area contributed by atoms with E-state index >= 15 is 0 Å². The summed E-state index contributed by atoms with van der Waals surface area (Å²) in [7, 11) is 4.14. The van der Waals surface area contributed by atoms with Gasteiger partial charge in [0, 0.05) is 37.3 Å². The van der Waals surface area contributed by atoms with E-state index in [1.54, 1.807) is 0 Å². The van der Waals surface area contributed by atoms with Gasteiger partial charge in [-0.25, -0.2) is 0 Å². The van der Waals surface area contributed by atoms with E-state index in [4.69, 9.17) is 0 Å². The van der Waals surface area contributed by atoms with E-state index < -0.39 is 0 Å². The van der Waals surface area contributed by atoms with Crippen molar-refractivity contribution in [3.05, 3.63) is 30.3 Å². The summed E-state index contributed by atoms with van der Waals surface area (Å²) in [5.74, 6) is 3.85. The maximum Gasteiger partial charge on any atom is 0.193 e. The lowest BCUT2D eigenvalue weighted by Crippen LogP contribution is -2.43. The highest BCUT2D eigenvalue weighted by molar-refractivity contribution is 14.0. The van der Waals surface area contributed by atoms with Crippen molar-refractivity contribution in [1.82, 2.24) is 15.1 Å². The first-order valence-corrected chi connectivity index (χ1v) is 10.5. The number of hydrogen-bond acceptors (Lipinski definition) is 3. The van der Waals surface area contributed by atoms with Gasteiger partial charge in [0.05, 0.1) is 0 Å².